The molecule has 1 atom stereocenters. The van der Waals surface area contributed by atoms with Crippen LogP contribution in [0.3, 0.4) is 0 Å². The quantitative estimate of drug-likeness (QED) is 0.656. The predicted octanol–water partition coefficient (Wildman–Crippen LogP) is 2.24. The molecule has 4 heteroatoms. The fourth-order valence-electron chi connectivity index (χ4n) is 2.26. The predicted molar refractivity (Wildman–Crippen MR) is 71.4 cm³/mol. The van der Waals surface area contributed by atoms with E-state index < -0.39 is 0 Å². The van der Waals surface area contributed by atoms with Gasteiger partial charge in [0.25, 0.3) is 0 Å². The van der Waals surface area contributed by atoms with Gasteiger partial charge in [-0.15, -0.1) is 0 Å². The van der Waals surface area contributed by atoms with Crippen molar-refractivity contribution in [1.29, 1.82) is 0 Å². The van der Waals surface area contributed by atoms with Gasteiger partial charge in [-0.25, -0.2) is 0 Å². The van der Waals surface area contributed by atoms with E-state index in [-0.39, 0.29) is 0 Å². The Balaban J connectivity index is 1.72. The molecular weight excluding hydrogens is 228 g/mol. The number of oxime groups is 1. The summed E-state index contributed by atoms with van der Waals surface area (Å²) in [5, 5.41) is 12.2. The highest BCUT2D eigenvalue weighted by molar-refractivity contribution is 5.86. The van der Waals surface area contributed by atoms with E-state index in [0.29, 0.717) is 12.5 Å². The molecule has 1 aromatic carbocycles. The van der Waals surface area contributed by atoms with Crippen LogP contribution in [-0.4, -0.2) is 42.1 Å². The third-order valence-electron chi connectivity index (χ3n) is 3.33. The second kappa shape index (κ2) is 6.40. The Morgan fingerprint density at radius 3 is 2.83 bits per heavy atom. The summed E-state index contributed by atoms with van der Waals surface area (Å²) in [4.78, 5) is 2.35. The lowest BCUT2D eigenvalue weighted by atomic mass is 9.98. The van der Waals surface area contributed by atoms with Crippen molar-refractivity contribution >= 4 is 5.71 Å². The van der Waals surface area contributed by atoms with Crippen LogP contribution < -0.4 is 4.74 Å². The van der Waals surface area contributed by atoms with Crippen LogP contribution in [0.5, 0.6) is 5.75 Å². The zero-order valence-electron chi connectivity index (χ0n) is 10.7. The zero-order chi connectivity index (χ0) is 12.8. The average Bonchev–Trinajstić information content (AvgIpc) is 2.40. The van der Waals surface area contributed by atoms with E-state index in [1.54, 1.807) is 0 Å². The van der Waals surface area contributed by atoms with Crippen LogP contribution in [0.2, 0.25) is 0 Å². The summed E-state index contributed by atoms with van der Waals surface area (Å²) in [6.45, 7) is 5.60. The summed E-state index contributed by atoms with van der Waals surface area (Å²) in [5.41, 5.74) is 0.912. The van der Waals surface area contributed by atoms with Crippen LogP contribution in [0, 0.1) is 5.92 Å². The van der Waals surface area contributed by atoms with E-state index in [0.717, 1.165) is 37.5 Å². The fraction of sp³-hybridized carbons (Fsp3) is 0.500. The van der Waals surface area contributed by atoms with Gasteiger partial charge in [-0.3, -0.25) is 4.90 Å². The molecule has 18 heavy (non-hydrogen) atoms. The van der Waals surface area contributed by atoms with Crippen LogP contribution >= 0.6 is 0 Å². The summed E-state index contributed by atoms with van der Waals surface area (Å²) >= 11 is 0. The van der Waals surface area contributed by atoms with Crippen LogP contribution in [0.25, 0.3) is 0 Å². The van der Waals surface area contributed by atoms with Crippen LogP contribution in [0.1, 0.15) is 13.3 Å². The molecule has 0 aliphatic carbocycles. The van der Waals surface area contributed by atoms with Crippen LogP contribution in [0.4, 0.5) is 0 Å². The van der Waals surface area contributed by atoms with Crippen molar-refractivity contribution < 1.29 is 9.94 Å². The highest BCUT2D eigenvalue weighted by Crippen LogP contribution is 2.14. The smallest absolute Gasteiger partial charge is 0.119 e. The van der Waals surface area contributed by atoms with Gasteiger partial charge in [-0.1, -0.05) is 30.3 Å². The summed E-state index contributed by atoms with van der Waals surface area (Å²) in [5.74, 6) is 1.25. The molecule has 0 bridgehead atoms. The van der Waals surface area contributed by atoms with Gasteiger partial charge in [-0.05, 0) is 12.1 Å². The molecule has 2 rings (SSSR count). The lowest BCUT2D eigenvalue weighted by molar-refractivity contribution is 0.190. The number of piperidine rings is 1. The number of hydrogen-bond acceptors (Lipinski definition) is 4. The van der Waals surface area contributed by atoms with Gasteiger partial charge in [0.05, 0.1) is 5.71 Å². The normalized spacial score (nSPS) is 23.2. The van der Waals surface area contributed by atoms with Crippen molar-refractivity contribution in [2.75, 3.05) is 26.2 Å². The molecule has 0 amide bonds. The molecule has 0 saturated carbocycles. The number of benzene rings is 1. The minimum Gasteiger partial charge on any atom is -0.492 e. The van der Waals surface area contributed by atoms with Gasteiger partial charge in [-0.2, -0.15) is 0 Å². The Morgan fingerprint density at radius 2 is 2.17 bits per heavy atom. The van der Waals surface area contributed by atoms with Gasteiger partial charge in [0.15, 0.2) is 0 Å². The summed E-state index contributed by atoms with van der Waals surface area (Å²) in [6, 6.07) is 9.87. The molecule has 1 aliphatic rings. The van der Waals surface area contributed by atoms with E-state index in [2.05, 4.69) is 17.0 Å². The monoisotopic (exact) mass is 248 g/mol. The maximum Gasteiger partial charge on any atom is 0.119 e. The minimum atomic E-state index is 0.334. The van der Waals surface area contributed by atoms with Crippen molar-refractivity contribution in [3.05, 3.63) is 30.3 Å². The third kappa shape index (κ3) is 3.47. The third-order valence-corrected chi connectivity index (χ3v) is 3.33. The van der Waals surface area contributed by atoms with E-state index in [4.69, 9.17) is 9.94 Å². The molecule has 0 spiro atoms. The Labute approximate surface area is 108 Å². The molecule has 1 unspecified atom stereocenters. The largest absolute Gasteiger partial charge is 0.492 e. The molecular formula is C14H20N2O2. The van der Waals surface area contributed by atoms with E-state index in [1.807, 2.05) is 30.3 Å². The Bertz CT molecular complexity index is 392. The second-order valence-electron chi connectivity index (χ2n) is 4.70. The SMILES string of the molecule is CC1CN(CCOc2ccccc2)CC/C1=N\O. The first-order valence-corrected chi connectivity index (χ1v) is 6.40. The molecule has 1 N–H and O–H groups in total. The molecule has 0 aromatic heterocycles. The maximum absolute atomic E-state index is 8.82. The first kappa shape index (κ1) is 12.9. The maximum atomic E-state index is 8.82. The van der Waals surface area contributed by atoms with E-state index in [9.17, 15) is 0 Å². The van der Waals surface area contributed by atoms with Gasteiger partial charge < -0.3 is 9.94 Å². The van der Waals surface area contributed by atoms with Gasteiger partial charge in [0.2, 0.25) is 0 Å². The first-order chi connectivity index (χ1) is 8.79. The van der Waals surface area contributed by atoms with Crippen molar-refractivity contribution in [2.24, 2.45) is 11.1 Å². The van der Waals surface area contributed by atoms with Crippen molar-refractivity contribution in [3.63, 3.8) is 0 Å². The number of nitrogens with zero attached hydrogens (tertiary/aromatic N) is 2. The fourth-order valence-corrected chi connectivity index (χ4v) is 2.26. The number of rotatable bonds is 4. The first-order valence-electron chi connectivity index (χ1n) is 6.40. The van der Waals surface area contributed by atoms with Crippen molar-refractivity contribution in [1.82, 2.24) is 4.90 Å². The van der Waals surface area contributed by atoms with Crippen molar-refractivity contribution in [3.8, 4) is 5.75 Å². The Kier molecular flexibility index (Phi) is 4.59. The number of ether oxygens (including phenoxy) is 1. The van der Waals surface area contributed by atoms with Crippen molar-refractivity contribution in [2.45, 2.75) is 13.3 Å². The standard InChI is InChI=1S/C14H20N2O2/c1-12-11-16(8-7-14(12)15-17)9-10-18-13-5-3-2-4-6-13/h2-6,12,17H,7-11H2,1H3/b15-14+. The lowest BCUT2D eigenvalue weighted by Crippen LogP contribution is -2.41. The van der Waals surface area contributed by atoms with Gasteiger partial charge in [0, 0.05) is 32.0 Å². The molecule has 4 nitrogen and oxygen atoms in total. The number of hydrogen-bond donors (Lipinski definition) is 1. The summed E-state index contributed by atoms with van der Waals surface area (Å²) in [6.07, 6.45) is 0.850. The highest BCUT2D eigenvalue weighted by Gasteiger charge is 2.22. The summed E-state index contributed by atoms with van der Waals surface area (Å²) in [7, 11) is 0. The number of likely N-dealkylation sites (tertiary alicyclic amines) is 1. The molecule has 1 aliphatic heterocycles. The molecule has 1 aromatic rings. The molecule has 1 saturated heterocycles. The second-order valence-corrected chi connectivity index (χ2v) is 4.70. The average molecular weight is 248 g/mol. The van der Waals surface area contributed by atoms with Crippen LogP contribution in [0.15, 0.2) is 35.5 Å². The summed E-state index contributed by atoms with van der Waals surface area (Å²) < 4.78 is 5.68. The topological polar surface area (TPSA) is 45.1 Å². The zero-order valence-corrected chi connectivity index (χ0v) is 10.7. The molecule has 0 radical (unpaired) electrons. The van der Waals surface area contributed by atoms with Gasteiger partial charge >= 0.3 is 0 Å². The Hall–Kier alpha value is -1.55. The van der Waals surface area contributed by atoms with E-state index >= 15 is 0 Å². The van der Waals surface area contributed by atoms with Gasteiger partial charge in [0.1, 0.15) is 12.4 Å². The number of para-hydroxylation sites is 1. The van der Waals surface area contributed by atoms with E-state index in [1.165, 1.54) is 0 Å². The highest BCUT2D eigenvalue weighted by atomic mass is 16.5. The molecule has 1 heterocycles. The van der Waals surface area contributed by atoms with Crippen LogP contribution in [-0.2, 0) is 0 Å². The molecule has 98 valence electrons. The Morgan fingerprint density at radius 1 is 1.39 bits per heavy atom. The lowest BCUT2D eigenvalue weighted by Gasteiger charge is -2.31. The molecule has 1 fully saturated rings. The minimum absolute atomic E-state index is 0.334.